The largest absolute Gasteiger partial charge is 0.363 e. The van der Waals surface area contributed by atoms with Gasteiger partial charge in [-0.05, 0) is 40.3 Å². The summed E-state index contributed by atoms with van der Waals surface area (Å²) >= 11 is 0. The maximum Gasteiger partial charge on any atom is 0.363 e. The van der Waals surface area contributed by atoms with Gasteiger partial charge >= 0.3 is 5.82 Å². The number of pyridine rings is 1. The Kier molecular flexibility index (Phi) is 4.10. The summed E-state index contributed by atoms with van der Waals surface area (Å²) in [6.07, 6.45) is 2.95. The van der Waals surface area contributed by atoms with Crippen molar-refractivity contribution in [3.05, 3.63) is 64.3 Å². The molecule has 0 radical (unpaired) electrons. The van der Waals surface area contributed by atoms with E-state index in [2.05, 4.69) is 9.71 Å². The third-order valence-corrected chi connectivity index (χ3v) is 5.18. The summed E-state index contributed by atoms with van der Waals surface area (Å²) in [6, 6.07) is 11.4. The lowest BCUT2D eigenvalue weighted by molar-refractivity contribution is -0.389. The van der Waals surface area contributed by atoms with Crippen LogP contribution >= 0.6 is 0 Å². The van der Waals surface area contributed by atoms with Crippen LogP contribution in [0.2, 0.25) is 0 Å². The summed E-state index contributed by atoms with van der Waals surface area (Å²) in [5.74, 6) is -0.107. The van der Waals surface area contributed by atoms with Gasteiger partial charge < -0.3 is 10.1 Å². The predicted octanol–water partition coefficient (Wildman–Crippen LogP) is 2.42. The zero-order chi connectivity index (χ0) is 16.4. The summed E-state index contributed by atoms with van der Waals surface area (Å²) in [4.78, 5) is 13.4. The Morgan fingerprint density at radius 3 is 2.39 bits per heavy atom. The molecule has 7 nitrogen and oxygen atoms in total. The molecule has 1 saturated carbocycles. The molecule has 1 fully saturated rings. The molecule has 2 aromatic rings. The van der Waals surface area contributed by atoms with Gasteiger partial charge in [0, 0.05) is 12.1 Å². The van der Waals surface area contributed by atoms with Crippen molar-refractivity contribution in [3.8, 4) is 0 Å². The first-order valence-electron chi connectivity index (χ1n) is 7.15. The van der Waals surface area contributed by atoms with E-state index in [1.807, 2.05) is 30.3 Å². The fourth-order valence-electron chi connectivity index (χ4n) is 2.40. The number of rotatable bonds is 6. The molecule has 0 saturated heterocycles. The Balaban J connectivity index is 1.85. The zero-order valence-electron chi connectivity index (χ0n) is 12.1. The molecular weight excluding hydrogens is 318 g/mol. The Hall–Kier alpha value is -2.32. The first-order chi connectivity index (χ1) is 11.0. The van der Waals surface area contributed by atoms with Crippen LogP contribution in [0.3, 0.4) is 0 Å². The van der Waals surface area contributed by atoms with Crippen molar-refractivity contribution in [2.24, 2.45) is 5.92 Å². The first kappa shape index (κ1) is 15.6. The Bertz CT molecular complexity index is 802. The van der Waals surface area contributed by atoms with Crippen LogP contribution in [0.15, 0.2) is 53.6 Å². The lowest BCUT2D eigenvalue weighted by Gasteiger charge is -2.18. The number of hydrogen-bond donors (Lipinski definition) is 1. The fraction of sp³-hybridized carbons (Fsp3) is 0.267. The molecule has 0 aliphatic heterocycles. The van der Waals surface area contributed by atoms with E-state index in [4.69, 9.17) is 0 Å². The standard InChI is InChI=1S/C15H15N3O4S/c19-18(20)14-9-8-13(10-16-14)23(21,22)17-15(12-6-7-12)11-4-2-1-3-5-11/h1-5,8-10,12,15,17H,6-7H2. The van der Waals surface area contributed by atoms with E-state index in [-0.39, 0.29) is 22.7 Å². The van der Waals surface area contributed by atoms with E-state index in [0.29, 0.717) is 0 Å². The van der Waals surface area contributed by atoms with Gasteiger partial charge in [0.2, 0.25) is 10.0 Å². The average molecular weight is 333 g/mol. The minimum Gasteiger partial charge on any atom is -0.358 e. The molecule has 1 heterocycles. The molecule has 0 amide bonds. The van der Waals surface area contributed by atoms with Crippen molar-refractivity contribution < 1.29 is 13.3 Å². The highest BCUT2D eigenvalue weighted by Gasteiger charge is 2.35. The number of benzene rings is 1. The van der Waals surface area contributed by atoms with Gasteiger partial charge in [0.15, 0.2) is 6.20 Å². The maximum absolute atomic E-state index is 12.5. The van der Waals surface area contributed by atoms with Crippen LogP contribution in [-0.2, 0) is 10.0 Å². The number of nitrogens with one attached hydrogen (secondary N) is 1. The summed E-state index contributed by atoms with van der Waals surface area (Å²) in [5, 5.41) is 10.6. The van der Waals surface area contributed by atoms with Crippen LogP contribution in [0, 0.1) is 16.0 Å². The van der Waals surface area contributed by atoms with E-state index in [0.717, 1.165) is 30.7 Å². The Labute approximate surface area is 133 Å². The van der Waals surface area contributed by atoms with Gasteiger partial charge in [-0.2, -0.15) is 0 Å². The van der Waals surface area contributed by atoms with E-state index >= 15 is 0 Å². The topological polar surface area (TPSA) is 102 Å². The van der Waals surface area contributed by atoms with Crippen LogP contribution < -0.4 is 4.72 Å². The van der Waals surface area contributed by atoms with E-state index in [9.17, 15) is 18.5 Å². The molecule has 0 bridgehead atoms. The van der Waals surface area contributed by atoms with Crippen molar-refractivity contribution in [1.82, 2.24) is 9.71 Å². The van der Waals surface area contributed by atoms with Crippen LogP contribution in [0.1, 0.15) is 24.4 Å². The van der Waals surface area contributed by atoms with Crippen molar-refractivity contribution in [2.75, 3.05) is 0 Å². The lowest BCUT2D eigenvalue weighted by atomic mass is 10.0. The normalized spacial score (nSPS) is 16.0. The van der Waals surface area contributed by atoms with Gasteiger partial charge in [0.1, 0.15) is 4.90 Å². The number of aromatic nitrogens is 1. The minimum absolute atomic E-state index is 0.0790. The summed E-state index contributed by atoms with van der Waals surface area (Å²) < 4.78 is 27.7. The molecule has 1 aliphatic rings. The molecule has 1 N–H and O–H groups in total. The average Bonchev–Trinajstić information content (AvgIpc) is 3.38. The zero-order valence-corrected chi connectivity index (χ0v) is 12.9. The highest BCUT2D eigenvalue weighted by Crippen LogP contribution is 2.41. The number of hydrogen-bond acceptors (Lipinski definition) is 5. The summed E-state index contributed by atoms with van der Waals surface area (Å²) in [5.41, 5.74) is 0.911. The second-order valence-electron chi connectivity index (χ2n) is 5.46. The lowest BCUT2D eigenvalue weighted by Crippen LogP contribution is -2.30. The quantitative estimate of drug-likeness (QED) is 0.646. The van der Waals surface area contributed by atoms with Crippen molar-refractivity contribution in [1.29, 1.82) is 0 Å². The highest BCUT2D eigenvalue weighted by molar-refractivity contribution is 7.89. The van der Waals surface area contributed by atoms with E-state index in [1.165, 1.54) is 6.07 Å². The molecule has 0 spiro atoms. The molecule has 1 aliphatic carbocycles. The van der Waals surface area contributed by atoms with Crippen LogP contribution in [-0.4, -0.2) is 18.3 Å². The van der Waals surface area contributed by atoms with Crippen molar-refractivity contribution in [3.63, 3.8) is 0 Å². The molecule has 120 valence electrons. The van der Waals surface area contributed by atoms with Gasteiger partial charge in [-0.15, -0.1) is 0 Å². The Morgan fingerprint density at radius 1 is 1.17 bits per heavy atom. The molecule has 1 atom stereocenters. The van der Waals surface area contributed by atoms with Gasteiger partial charge in [-0.3, -0.25) is 0 Å². The Morgan fingerprint density at radius 2 is 1.87 bits per heavy atom. The SMILES string of the molecule is O=[N+]([O-])c1ccc(S(=O)(=O)NC(c2ccccc2)C2CC2)cn1. The predicted molar refractivity (Wildman–Crippen MR) is 83.1 cm³/mol. The molecule has 23 heavy (non-hydrogen) atoms. The summed E-state index contributed by atoms with van der Waals surface area (Å²) in [7, 11) is -3.79. The first-order valence-corrected chi connectivity index (χ1v) is 8.63. The maximum atomic E-state index is 12.5. The molecule has 8 heteroatoms. The molecular formula is C15H15N3O4S. The molecule has 1 aromatic carbocycles. The molecule has 3 rings (SSSR count). The monoisotopic (exact) mass is 333 g/mol. The second-order valence-corrected chi connectivity index (χ2v) is 7.17. The minimum atomic E-state index is -3.79. The smallest absolute Gasteiger partial charge is 0.358 e. The third kappa shape index (κ3) is 3.54. The second kappa shape index (κ2) is 6.05. The van der Waals surface area contributed by atoms with Gasteiger partial charge in [-0.25, -0.2) is 13.1 Å². The van der Waals surface area contributed by atoms with Gasteiger partial charge in [-0.1, -0.05) is 30.3 Å². The van der Waals surface area contributed by atoms with E-state index in [1.54, 1.807) is 0 Å². The number of nitrogens with zero attached hydrogens (tertiary/aromatic N) is 2. The van der Waals surface area contributed by atoms with Crippen LogP contribution in [0.5, 0.6) is 0 Å². The van der Waals surface area contributed by atoms with Crippen molar-refractivity contribution in [2.45, 2.75) is 23.8 Å². The molecule has 1 unspecified atom stereocenters. The van der Waals surface area contributed by atoms with E-state index < -0.39 is 14.9 Å². The number of sulfonamides is 1. The summed E-state index contributed by atoms with van der Waals surface area (Å²) in [6.45, 7) is 0. The van der Waals surface area contributed by atoms with Crippen LogP contribution in [0.25, 0.3) is 0 Å². The molecule has 1 aromatic heterocycles. The van der Waals surface area contributed by atoms with Gasteiger partial charge in [0.25, 0.3) is 0 Å². The highest BCUT2D eigenvalue weighted by atomic mass is 32.2. The third-order valence-electron chi connectivity index (χ3n) is 3.75. The number of nitro groups is 1. The van der Waals surface area contributed by atoms with Gasteiger partial charge in [0.05, 0.1) is 0 Å². The van der Waals surface area contributed by atoms with Crippen molar-refractivity contribution >= 4 is 15.8 Å². The fourth-order valence-corrected chi connectivity index (χ4v) is 3.64. The van der Waals surface area contributed by atoms with Crippen LogP contribution in [0.4, 0.5) is 5.82 Å².